The van der Waals surface area contributed by atoms with Gasteiger partial charge in [-0.15, -0.1) is 0 Å². The minimum atomic E-state index is -2.78. The zero-order chi connectivity index (χ0) is 13.1. The van der Waals surface area contributed by atoms with Crippen molar-refractivity contribution in [1.29, 1.82) is 0 Å². The first-order chi connectivity index (χ1) is 7.73. The minimum absolute atomic E-state index is 0.162. The number of hydrogen-bond acceptors (Lipinski definition) is 3. The predicted molar refractivity (Wildman–Crippen MR) is 72.9 cm³/mol. The Kier molecular flexibility index (Phi) is 5.02. The van der Waals surface area contributed by atoms with Crippen LogP contribution in [0.25, 0.3) is 0 Å². The minimum Gasteiger partial charge on any atom is -0.312 e. The molecule has 0 aromatic rings. The van der Waals surface area contributed by atoms with Gasteiger partial charge >= 0.3 is 0 Å². The normalized spacial score (nSPS) is 25.6. The molecule has 0 aromatic heterocycles. The molecule has 3 nitrogen and oxygen atoms in total. The number of hydrogen-bond donors (Lipinski definition) is 1. The molecule has 0 radical (unpaired) electrons. The monoisotopic (exact) mass is 261 g/mol. The molecule has 0 aliphatic heterocycles. The average molecular weight is 261 g/mol. The summed E-state index contributed by atoms with van der Waals surface area (Å²) in [5, 5.41) is 3.52. The lowest BCUT2D eigenvalue weighted by Gasteiger charge is -2.38. The third kappa shape index (κ3) is 5.38. The van der Waals surface area contributed by atoms with Crippen LogP contribution in [-0.2, 0) is 9.84 Å². The molecule has 0 amide bonds. The number of nitrogens with one attached hydrogen (secondary N) is 1. The molecular formula is C13H27NO2S. The molecule has 1 rings (SSSR count). The Morgan fingerprint density at radius 2 is 1.76 bits per heavy atom. The molecule has 1 fully saturated rings. The maximum absolute atomic E-state index is 11.5. The molecule has 0 heterocycles. The van der Waals surface area contributed by atoms with Crippen molar-refractivity contribution in [3.63, 3.8) is 0 Å². The molecule has 17 heavy (non-hydrogen) atoms. The van der Waals surface area contributed by atoms with E-state index in [1.54, 1.807) is 6.92 Å². The van der Waals surface area contributed by atoms with Crippen LogP contribution in [0.5, 0.6) is 0 Å². The highest BCUT2D eigenvalue weighted by molar-refractivity contribution is 7.91. The Hall–Kier alpha value is -0.0900. The van der Waals surface area contributed by atoms with Crippen LogP contribution in [0.15, 0.2) is 0 Å². The van der Waals surface area contributed by atoms with Crippen LogP contribution in [0.1, 0.15) is 47.0 Å². The number of rotatable bonds is 6. The highest BCUT2D eigenvalue weighted by atomic mass is 32.2. The molecule has 102 valence electrons. The van der Waals surface area contributed by atoms with Gasteiger partial charge in [0.15, 0.2) is 0 Å². The SMILES string of the molecule is CCS(=O)(=O)CCC1CCC1CNC(C)(C)C. The van der Waals surface area contributed by atoms with E-state index in [9.17, 15) is 8.42 Å². The van der Waals surface area contributed by atoms with E-state index in [-0.39, 0.29) is 11.3 Å². The largest absolute Gasteiger partial charge is 0.312 e. The Bertz CT molecular complexity index is 330. The van der Waals surface area contributed by atoms with Gasteiger partial charge in [0.1, 0.15) is 9.84 Å². The van der Waals surface area contributed by atoms with Crippen LogP contribution in [0.4, 0.5) is 0 Å². The lowest BCUT2D eigenvalue weighted by molar-refractivity contribution is 0.156. The van der Waals surface area contributed by atoms with E-state index in [0.29, 0.717) is 17.6 Å². The summed E-state index contributed by atoms with van der Waals surface area (Å²) < 4.78 is 22.9. The van der Waals surface area contributed by atoms with Crippen LogP contribution in [0.3, 0.4) is 0 Å². The molecular weight excluding hydrogens is 234 g/mol. The Balaban J connectivity index is 2.28. The molecule has 0 bridgehead atoms. The summed E-state index contributed by atoms with van der Waals surface area (Å²) in [5.41, 5.74) is 0.162. The lowest BCUT2D eigenvalue weighted by atomic mass is 9.72. The number of sulfone groups is 1. The zero-order valence-corrected chi connectivity index (χ0v) is 12.4. The molecule has 0 saturated heterocycles. The van der Waals surface area contributed by atoms with Crippen molar-refractivity contribution in [3.8, 4) is 0 Å². The molecule has 4 heteroatoms. The van der Waals surface area contributed by atoms with Gasteiger partial charge in [0.2, 0.25) is 0 Å². The maximum atomic E-state index is 11.5. The van der Waals surface area contributed by atoms with Crippen molar-refractivity contribution in [2.45, 2.75) is 52.5 Å². The van der Waals surface area contributed by atoms with Crippen LogP contribution in [0, 0.1) is 11.8 Å². The average Bonchev–Trinajstić information content (AvgIpc) is 2.14. The molecule has 0 spiro atoms. The second-order valence-corrected chi connectivity index (χ2v) is 8.73. The smallest absolute Gasteiger partial charge is 0.150 e. The summed E-state index contributed by atoms with van der Waals surface area (Å²) in [6.07, 6.45) is 3.31. The van der Waals surface area contributed by atoms with Crippen LogP contribution < -0.4 is 5.32 Å². The third-order valence-corrected chi connectivity index (χ3v) is 5.45. The molecule has 1 aliphatic rings. The van der Waals surface area contributed by atoms with Crippen molar-refractivity contribution in [3.05, 3.63) is 0 Å². The van der Waals surface area contributed by atoms with E-state index in [0.717, 1.165) is 13.0 Å². The second kappa shape index (κ2) is 5.70. The van der Waals surface area contributed by atoms with E-state index >= 15 is 0 Å². The maximum Gasteiger partial charge on any atom is 0.150 e. The first kappa shape index (κ1) is 15.0. The van der Waals surface area contributed by atoms with Gasteiger partial charge in [-0.3, -0.25) is 0 Å². The Morgan fingerprint density at radius 3 is 2.18 bits per heavy atom. The Labute approximate surface area is 106 Å². The van der Waals surface area contributed by atoms with Gasteiger partial charge in [0.05, 0.1) is 5.75 Å². The van der Waals surface area contributed by atoms with Gasteiger partial charge in [-0.1, -0.05) is 6.92 Å². The predicted octanol–water partition coefficient (Wildman–Crippen LogP) is 2.23. The Morgan fingerprint density at radius 1 is 1.18 bits per heavy atom. The van der Waals surface area contributed by atoms with Crippen molar-refractivity contribution in [1.82, 2.24) is 5.32 Å². The van der Waals surface area contributed by atoms with E-state index < -0.39 is 9.84 Å². The van der Waals surface area contributed by atoms with E-state index in [1.807, 2.05) is 0 Å². The van der Waals surface area contributed by atoms with Crippen LogP contribution in [0.2, 0.25) is 0 Å². The summed E-state index contributed by atoms with van der Waals surface area (Å²) in [4.78, 5) is 0. The van der Waals surface area contributed by atoms with Gasteiger partial charge < -0.3 is 5.32 Å². The zero-order valence-electron chi connectivity index (χ0n) is 11.6. The fraction of sp³-hybridized carbons (Fsp3) is 1.00. The third-order valence-electron chi connectivity index (χ3n) is 3.71. The molecule has 1 N–H and O–H groups in total. The van der Waals surface area contributed by atoms with Crippen molar-refractivity contribution in [2.75, 3.05) is 18.1 Å². The standard InChI is InChI=1S/C13H27NO2S/c1-5-17(15,16)9-8-11-6-7-12(11)10-14-13(2,3)4/h11-12,14H,5-10H2,1-4H3. The molecule has 1 aliphatic carbocycles. The molecule has 0 aromatic carbocycles. The highest BCUT2D eigenvalue weighted by Gasteiger charge is 2.31. The second-order valence-electron chi connectivity index (χ2n) is 6.25. The van der Waals surface area contributed by atoms with Gasteiger partial charge in [-0.25, -0.2) is 8.42 Å². The van der Waals surface area contributed by atoms with Crippen molar-refractivity contribution in [2.24, 2.45) is 11.8 Å². The summed E-state index contributed by atoms with van der Waals surface area (Å²) in [6.45, 7) is 9.27. The van der Waals surface area contributed by atoms with Crippen LogP contribution in [-0.4, -0.2) is 32.0 Å². The fourth-order valence-electron chi connectivity index (χ4n) is 2.20. The van der Waals surface area contributed by atoms with Gasteiger partial charge in [0, 0.05) is 11.3 Å². The summed E-state index contributed by atoms with van der Waals surface area (Å²) >= 11 is 0. The fourth-order valence-corrected chi connectivity index (χ4v) is 3.15. The van der Waals surface area contributed by atoms with Crippen molar-refractivity contribution < 1.29 is 8.42 Å². The summed E-state index contributed by atoms with van der Waals surface area (Å²) in [5.74, 6) is 1.96. The van der Waals surface area contributed by atoms with E-state index in [4.69, 9.17) is 0 Å². The van der Waals surface area contributed by atoms with Gasteiger partial charge in [-0.2, -0.15) is 0 Å². The highest BCUT2D eigenvalue weighted by Crippen LogP contribution is 2.36. The quantitative estimate of drug-likeness (QED) is 0.797. The molecule has 1 saturated carbocycles. The topological polar surface area (TPSA) is 46.2 Å². The van der Waals surface area contributed by atoms with Gasteiger partial charge in [0.25, 0.3) is 0 Å². The van der Waals surface area contributed by atoms with Gasteiger partial charge in [-0.05, 0) is 58.4 Å². The van der Waals surface area contributed by atoms with E-state index in [2.05, 4.69) is 26.1 Å². The first-order valence-electron chi connectivity index (χ1n) is 6.69. The van der Waals surface area contributed by atoms with Crippen molar-refractivity contribution >= 4 is 9.84 Å². The molecule has 2 unspecified atom stereocenters. The summed E-state index contributed by atoms with van der Waals surface area (Å²) in [6, 6.07) is 0. The molecule has 2 atom stereocenters. The van der Waals surface area contributed by atoms with E-state index in [1.165, 1.54) is 12.8 Å². The lowest BCUT2D eigenvalue weighted by Crippen LogP contribution is -2.44. The summed E-state index contributed by atoms with van der Waals surface area (Å²) in [7, 11) is -2.78. The van der Waals surface area contributed by atoms with Crippen LogP contribution >= 0.6 is 0 Å². The first-order valence-corrected chi connectivity index (χ1v) is 8.51.